The summed E-state index contributed by atoms with van der Waals surface area (Å²) in [7, 11) is 0. The van der Waals surface area contributed by atoms with E-state index in [1.807, 2.05) is 19.1 Å². The minimum atomic E-state index is -0.204. The van der Waals surface area contributed by atoms with Gasteiger partial charge in [0.2, 0.25) is 0 Å². The van der Waals surface area contributed by atoms with Crippen LogP contribution in [0.4, 0.5) is 4.39 Å². The molecule has 1 saturated carbocycles. The van der Waals surface area contributed by atoms with Crippen LogP contribution in [-0.2, 0) is 11.2 Å². The van der Waals surface area contributed by atoms with E-state index in [9.17, 15) is 4.39 Å². The molecule has 0 heterocycles. The van der Waals surface area contributed by atoms with Gasteiger partial charge in [-0.1, -0.05) is 37.8 Å². The van der Waals surface area contributed by atoms with E-state index in [2.05, 4.69) is 5.43 Å². The fourth-order valence-corrected chi connectivity index (χ4v) is 3.46. The van der Waals surface area contributed by atoms with Crippen molar-refractivity contribution in [3.63, 3.8) is 0 Å². The van der Waals surface area contributed by atoms with Gasteiger partial charge in [-0.15, -0.1) is 0 Å². The first-order chi connectivity index (χ1) is 10.2. The molecule has 1 fully saturated rings. The van der Waals surface area contributed by atoms with Crippen LogP contribution in [0.25, 0.3) is 0 Å². The van der Waals surface area contributed by atoms with E-state index >= 15 is 0 Å². The maximum Gasteiger partial charge on any atom is 0.123 e. The van der Waals surface area contributed by atoms with Gasteiger partial charge in [0.25, 0.3) is 0 Å². The molecule has 118 valence electrons. The third-order valence-electron chi connectivity index (χ3n) is 4.57. The second-order valence-corrected chi connectivity index (χ2v) is 5.96. The summed E-state index contributed by atoms with van der Waals surface area (Å²) >= 11 is 0. The summed E-state index contributed by atoms with van der Waals surface area (Å²) in [5.74, 6) is 5.64. The Kier molecular flexibility index (Phi) is 6.15. The molecule has 0 saturated heterocycles. The van der Waals surface area contributed by atoms with Gasteiger partial charge in [-0.3, -0.25) is 11.3 Å². The van der Waals surface area contributed by atoms with Crippen molar-refractivity contribution < 1.29 is 9.13 Å². The Labute approximate surface area is 127 Å². The summed E-state index contributed by atoms with van der Waals surface area (Å²) in [6, 6.07) is 6.72. The highest BCUT2D eigenvalue weighted by molar-refractivity contribution is 5.18. The Morgan fingerprint density at radius 1 is 1.19 bits per heavy atom. The van der Waals surface area contributed by atoms with Crippen molar-refractivity contribution in [3.8, 4) is 0 Å². The molecule has 0 aromatic heterocycles. The third kappa shape index (κ3) is 4.25. The number of nitrogens with one attached hydrogen (secondary N) is 1. The summed E-state index contributed by atoms with van der Waals surface area (Å²) in [6.45, 7) is 2.74. The zero-order valence-electron chi connectivity index (χ0n) is 12.9. The highest BCUT2D eigenvalue weighted by Gasteiger charge is 2.39. The Hall–Kier alpha value is -0.970. The molecule has 2 rings (SSSR count). The molecule has 0 aliphatic heterocycles. The highest BCUT2D eigenvalue weighted by atomic mass is 19.1. The molecular formula is C17H27FN2O. The predicted molar refractivity (Wildman–Crippen MR) is 83.3 cm³/mol. The summed E-state index contributed by atoms with van der Waals surface area (Å²) in [5, 5.41) is 0. The number of benzene rings is 1. The quantitative estimate of drug-likeness (QED) is 0.480. The van der Waals surface area contributed by atoms with Gasteiger partial charge in [0.1, 0.15) is 5.82 Å². The summed E-state index contributed by atoms with van der Waals surface area (Å²) < 4.78 is 19.2. The van der Waals surface area contributed by atoms with Gasteiger partial charge in [0, 0.05) is 6.61 Å². The first-order valence-electron chi connectivity index (χ1n) is 8.05. The standard InChI is InChI=1S/C17H27FN2O/c1-2-21-17(11-5-3-4-6-12-17)16(20-19)13-14-7-9-15(18)10-8-14/h7-10,16,20H,2-6,11-13,19H2,1H3. The van der Waals surface area contributed by atoms with E-state index in [-0.39, 0.29) is 17.5 Å². The molecule has 1 atom stereocenters. The van der Waals surface area contributed by atoms with Crippen LogP contribution in [0.15, 0.2) is 24.3 Å². The molecule has 21 heavy (non-hydrogen) atoms. The molecule has 0 amide bonds. The minimum Gasteiger partial charge on any atom is -0.374 e. The minimum absolute atomic E-state index is 0.0565. The smallest absolute Gasteiger partial charge is 0.123 e. The Morgan fingerprint density at radius 3 is 2.33 bits per heavy atom. The number of ether oxygens (including phenoxy) is 1. The van der Waals surface area contributed by atoms with E-state index in [1.165, 1.54) is 37.8 Å². The number of halogens is 1. The second-order valence-electron chi connectivity index (χ2n) is 5.96. The maximum absolute atomic E-state index is 13.0. The zero-order chi connectivity index (χ0) is 15.1. The number of hydrazine groups is 1. The van der Waals surface area contributed by atoms with Crippen molar-refractivity contribution in [1.29, 1.82) is 0 Å². The first-order valence-corrected chi connectivity index (χ1v) is 8.05. The first kappa shape index (κ1) is 16.4. The fraction of sp³-hybridized carbons (Fsp3) is 0.647. The average molecular weight is 294 g/mol. The Balaban J connectivity index is 2.16. The molecule has 1 unspecified atom stereocenters. The molecule has 1 aliphatic carbocycles. The van der Waals surface area contributed by atoms with Crippen molar-refractivity contribution in [1.82, 2.24) is 5.43 Å². The number of rotatable bonds is 6. The molecule has 3 N–H and O–H groups in total. The van der Waals surface area contributed by atoms with Crippen LogP contribution < -0.4 is 11.3 Å². The van der Waals surface area contributed by atoms with Gasteiger partial charge < -0.3 is 4.74 Å². The van der Waals surface area contributed by atoms with Crippen LogP contribution >= 0.6 is 0 Å². The molecule has 0 bridgehead atoms. The molecule has 0 spiro atoms. The Bertz CT molecular complexity index is 413. The van der Waals surface area contributed by atoms with Gasteiger partial charge in [-0.2, -0.15) is 0 Å². The summed E-state index contributed by atoms with van der Waals surface area (Å²) in [5.41, 5.74) is 3.86. The topological polar surface area (TPSA) is 47.3 Å². The molecule has 3 nitrogen and oxygen atoms in total. The molecular weight excluding hydrogens is 267 g/mol. The highest BCUT2D eigenvalue weighted by Crippen LogP contribution is 2.34. The normalized spacial score (nSPS) is 20.0. The van der Waals surface area contributed by atoms with Gasteiger partial charge in [-0.25, -0.2) is 4.39 Å². The van der Waals surface area contributed by atoms with Crippen molar-refractivity contribution in [2.24, 2.45) is 5.84 Å². The lowest BCUT2D eigenvalue weighted by Crippen LogP contribution is -2.56. The predicted octanol–water partition coefficient (Wildman–Crippen LogP) is 3.33. The average Bonchev–Trinajstić information content (AvgIpc) is 2.73. The van der Waals surface area contributed by atoms with Crippen molar-refractivity contribution in [2.45, 2.75) is 63.5 Å². The maximum atomic E-state index is 13.0. The van der Waals surface area contributed by atoms with Crippen LogP contribution in [0.1, 0.15) is 51.0 Å². The van der Waals surface area contributed by atoms with E-state index in [0.717, 1.165) is 24.8 Å². The number of nitrogens with two attached hydrogens (primary N) is 1. The number of hydrogen-bond donors (Lipinski definition) is 2. The van der Waals surface area contributed by atoms with Crippen LogP contribution in [-0.4, -0.2) is 18.2 Å². The van der Waals surface area contributed by atoms with Gasteiger partial charge in [-0.05, 0) is 43.9 Å². The summed E-state index contributed by atoms with van der Waals surface area (Å²) in [4.78, 5) is 0. The van der Waals surface area contributed by atoms with Crippen molar-refractivity contribution in [3.05, 3.63) is 35.6 Å². The van der Waals surface area contributed by atoms with Crippen molar-refractivity contribution >= 4 is 0 Å². The fourth-order valence-electron chi connectivity index (χ4n) is 3.46. The molecule has 0 radical (unpaired) electrons. The van der Waals surface area contributed by atoms with Crippen LogP contribution in [0.3, 0.4) is 0 Å². The van der Waals surface area contributed by atoms with Gasteiger partial charge in [0.15, 0.2) is 0 Å². The lowest BCUT2D eigenvalue weighted by atomic mass is 9.83. The number of hydrogen-bond acceptors (Lipinski definition) is 3. The monoisotopic (exact) mass is 294 g/mol. The molecule has 4 heteroatoms. The largest absolute Gasteiger partial charge is 0.374 e. The lowest BCUT2D eigenvalue weighted by molar-refractivity contribution is -0.0768. The lowest BCUT2D eigenvalue weighted by Gasteiger charge is -2.40. The van der Waals surface area contributed by atoms with E-state index in [1.54, 1.807) is 0 Å². The van der Waals surface area contributed by atoms with Crippen LogP contribution in [0.2, 0.25) is 0 Å². The molecule has 1 aliphatic rings. The van der Waals surface area contributed by atoms with Gasteiger partial charge in [0.05, 0.1) is 11.6 Å². The van der Waals surface area contributed by atoms with E-state index < -0.39 is 0 Å². The third-order valence-corrected chi connectivity index (χ3v) is 4.57. The summed E-state index contributed by atoms with van der Waals surface area (Å²) in [6.07, 6.45) is 7.74. The zero-order valence-corrected chi connectivity index (χ0v) is 12.9. The molecule has 1 aromatic carbocycles. The van der Waals surface area contributed by atoms with Crippen molar-refractivity contribution in [2.75, 3.05) is 6.61 Å². The van der Waals surface area contributed by atoms with E-state index in [0.29, 0.717) is 6.61 Å². The Morgan fingerprint density at radius 2 is 1.81 bits per heavy atom. The van der Waals surface area contributed by atoms with Crippen LogP contribution in [0.5, 0.6) is 0 Å². The van der Waals surface area contributed by atoms with E-state index in [4.69, 9.17) is 10.6 Å². The molecule has 1 aromatic rings. The second kappa shape index (κ2) is 7.87. The van der Waals surface area contributed by atoms with Gasteiger partial charge >= 0.3 is 0 Å². The SMILES string of the molecule is CCOC1(C(Cc2ccc(F)cc2)NN)CCCCCC1. The van der Waals surface area contributed by atoms with Crippen LogP contribution in [0, 0.1) is 5.82 Å².